The van der Waals surface area contributed by atoms with E-state index >= 15 is 0 Å². The van der Waals surface area contributed by atoms with Crippen LogP contribution in [0.5, 0.6) is 11.5 Å². The summed E-state index contributed by atoms with van der Waals surface area (Å²) in [6.45, 7) is 0. The van der Waals surface area contributed by atoms with Gasteiger partial charge in [0.15, 0.2) is 5.34 Å². The van der Waals surface area contributed by atoms with E-state index in [-0.39, 0.29) is 0 Å². The molecule has 0 aliphatic heterocycles. The summed E-state index contributed by atoms with van der Waals surface area (Å²) in [7, 11) is 0.156. The highest BCUT2D eigenvalue weighted by atomic mass is 31.2. The molecule has 0 aliphatic carbocycles. The number of rotatable bonds is 5. The molecule has 0 aromatic heterocycles. The van der Waals surface area contributed by atoms with Crippen LogP contribution in [0, 0.1) is 4.91 Å². The van der Waals surface area contributed by atoms with E-state index in [1.807, 2.05) is 60.7 Å². The molecule has 2 aromatic carbocycles. The molecular formula is C13H14NO5P. The third-order valence-corrected chi connectivity index (χ3v) is 3.01. The largest absolute Gasteiger partial charge is 0.462 e. The van der Waals surface area contributed by atoms with Crippen molar-refractivity contribution in [2.75, 3.05) is 7.11 Å². The molecule has 2 rings (SSSR count). The summed E-state index contributed by atoms with van der Waals surface area (Å²) < 4.78 is 16.4. The molecule has 2 aromatic rings. The van der Waals surface area contributed by atoms with E-state index in [9.17, 15) is 0 Å². The molecule has 0 bridgehead atoms. The molecule has 0 fully saturated rings. The lowest BCUT2D eigenvalue weighted by atomic mass is 10.3. The van der Waals surface area contributed by atoms with Gasteiger partial charge in [0.1, 0.15) is 11.5 Å². The summed E-state index contributed by atoms with van der Waals surface area (Å²) in [5.41, 5.74) is 0. The normalized spacial score (nSPS) is 9.30. The Labute approximate surface area is 117 Å². The monoisotopic (exact) mass is 295 g/mol. The van der Waals surface area contributed by atoms with Gasteiger partial charge in [0.2, 0.25) is 0 Å². The van der Waals surface area contributed by atoms with Gasteiger partial charge in [-0.2, -0.15) is 0 Å². The Morgan fingerprint density at radius 3 is 1.55 bits per heavy atom. The van der Waals surface area contributed by atoms with Gasteiger partial charge in [-0.15, -0.1) is 4.91 Å². The Morgan fingerprint density at radius 1 is 0.900 bits per heavy atom. The highest BCUT2D eigenvalue weighted by molar-refractivity contribution is 7.42. The summed E-state index contributed by atoms with van der Waals surface area (Å²) in [4.78, 5) is 8.11. The predicted molar refractivity (Wildman–Crippen MR) is 75.7 cm³/mol. The molecule has 0 aliphatic rings. The average Bonchev–Trinajstić information content (AvgIpc) is 2.49. The zero-order valence-electron chi connectivity index (χ0n) is 10.7. The standard InChI is InChI=1S/C13H13O3P.HNO2/c1-14-17(15-12-8-4-2-5-9-12)16-13-10-6-3-7-11-13;2-1-3/h2-11H,1H3;(H,2,3). The first-order valence-corrected chi connectivity index (χ1v) is 6.66. The first-order chi connectivity index (χ1) is 9.80. The van der Waals surface area contributed by atoms with Crippen molar-refractivity contribution in [1.29, 1.82) is 0 Å². The van der Waals surface area contributed by atoms with Crippen LogP contribution in [0.25, 0.3) is 0 Å². The van der Waals surface area contributed by atoms with E-state index in [1.54, 1.807) is 7.11 Å². The van der Waals surface area contributed by atoms with Crippen LogP contribution in [0.3, 0.4) is 0 Å². The molecule has 0 saturated carbocycles. The van der Waals surface area contributed by atoms with Gasteiger partial charge in [0.25, 0.3) is 0 Å². The fourth-order valence-electron chi connectivity index (χ4n) is 1.23. The Kier molecular flexibility index (Phi) is 7.72. The van der Waals surface area contributed by atoms with Crippen molar-refractivity contribution in [3.8, 4) is 11.5 Å². The SMILES string of the molecule is COP(Oc1ccccc1)Oc1ccccc1.O=NO. The van der Waals surface area contributed by atoms with Crippen molar-refractivity contribution in [3.05, 3.63) is 65.6 Å². The Hall–Kier alpha value is -2.17. The molecule has 0 spiro atoms. The van der Waals surface area contributed by atoms with E-state index in [4.69, 9.17) is 23.7 Å². The number of hydrogen-bond acceptors (Lipinski definition) is 5. The molecule has 7 heteroatoms. The van der Waals surface area contributed by atoms with Gasteiger partial charge in [0.05, 0.1) is 0 Å². The molecule has 20 heavy (non-hydrogen) atoms. The molecule has 0 radical (unpaired) electrons. The van der Waals surface area contributed by atoms with Gasteiger partial charge < -0.3 is 14.3 Å². The average molecular weight is 295 g/mol. The topological polar surface area (TPSA) is 77.4 Å². The first-order valence-electron chi connectivity index (χ1n) is 5.57. The third kappa shape index (κ3) is 6.13. The van der Waals surface area contributed by atoms with E-state index < -0.39 is 8.60 Å². The molecule has 6 nitrogen and oxygen atoms in total. The van der Waals surface area contributed by atoms with Crippen molar-refractivity contribution < 1.29 is 18.8 Å². The minimum Gasteiger partial charge on any atom is -0.418 e. The summed E-state index contributed by atoms with van der Waals surface area (Å²) in [5.74, 6) is 1.47. The smallest absolute Gasteiger partial charge is 0.418 e. The van der Waals surface area contributed by atoms with Gasteiger partial charge in [-0.25, -0.2) is 0 Å². The zero-order chi connectivity index (χ0) is 14.6. The fraction of sp³-hybridized carbons (Fsp3) is 0.0769. The van der Waals surface area contributed by atoms with Crippen LogP contribution in [0.4, 0.5) is 0 Å². The van der Waals surface area contributed by atoms with Crippen molar-refractivity contribution in [3.63, 3.8) is 0 Å². The minimum absolute atomic E-state index is 0.733. The van der Waals surface area contributed by atoms with Crippen molar-refractivity contribution in [2.45, 2.75) is 0 Å². The number of benzene rings is 2. The molecule has 0 saturated heterocycles. The van der Waals surface area contributed by atoms with Crippen LogP contribution in [0.2, 0.25) is 0 Å². The Bertz CT molecular complexity index is 441. The lowest BCUT2D eigenvalue weighted by molar-refractivity contribution is 0.312. The van der Waals surface area contributed by atoms with Gasteiger partial charge in [0, 0.05) is 7.11 Å². The molecule has 1 N–H and O–H groups in total. The van der Waals surface area contributed by atoms with Crippen LogP contribution < -0.4 is 9.05 Å². The maximum Gasteiger partial charge on any atom is 0.462 e. The van der Waals surface area contributed by atoms with Crippen molar-refractivity contribution >= 4 is 8.60 Å². The molecular weight excluding hydrogens is 281 g/mol. The third-order valence-electron chi connectivity index (χ3n) is 2.00. The second kappa shape index (κ2) is 9.72. The van der Waals surface area contributed by atoms with E-state index in [2.05, 4.69) is 0 Å². The zero-order valence-corrected chi connectivity index (χ0v) is 11.6. The van der Waals surface area contributed by atoms with Crippen molar-refractivity contribution in [2.24, 2.45) is 5.34 Å². The van der Waals surface area contributed by atoms with Crippen LogP contribution in [0.1, 0.15) is 0 Å². The van der Waals surface area contributed by atoms with Crippen molar-refractivity contribution in [1.82, 2.24) is 0 Å². The van der Waals surface area contributed by atoms with Gasteiger partial charge in [-0.1, -0.05) is 36.4 Å². The predicted octanol–water partition coefficient (Wildman–Crippen LogP) is 4.16. The molecule has 0 heterocycles. The van der Waals surface area contributed by atoms with E-state index in [0.29, 0.717) is 0 Å². The lowest BCUT2D eigenvalue weighted by Gasteiger charge is -2.15. The Morgan fingerprint density at radius 2 is 1.25 bits per heavy atom. The fourth-order valence-corrected chi connectivity index (χ4v) is 2.00. The van der Waals surface area contributed by atoms with E-state index in [0.717, 1.165) is 11.5 Å². The number of hydrogen-bond donors (Lipinski definition) is 1. The maximum atomic E-state index is 8.11. The van der Waals surface area contributed by atoms with Gasteiger partial charge in [-0.05, 0) is 24.3 Å². The molecule has 106 valence electrons. The number of para-hydroxylation sites is 2. The number of nitrogens with zero attached hydrogens (tertiary/aromatic N) is 1. The van der Waals surface area contributed by atoms with Crippen LogP contribution >= 0.6 is 8.60 Å². The first kappa shape index (κ1) is 15.9. The summed E-state index contributed by atoms with van der Waals surface area (Å²) in [5, 5.41) is 7.89. The minimum atomic E-state index is -1.41. The Balaban J connectivity index is 0.000000612. The highest BCUT2D eigenvalue weighted by Gasteiger charge is 2.14. The molecule has 0 amide bonds. The molecule has 0 atom stereocenters. The van der Waals surface area contributed by atoms with Gasteiger partial charge >= 0.3 is 8.60 Å². The van der Waals surface area contributed by atoms with E-state index in [1.165, 1.54) is 5.34 Å². The molecule has 0 unspecified atom stereocenters. The summed E-state index contributed by atoms with van der Waals surface area (Å²) >= 11 is 0. The quantitative estimate of drug-likeness (QED) is 0.509. The lowest BCUT2D eigenvalue weighted by Crippen LogP contribution is -1.96. The maximum absolute atomic E-state index is 8.11. The van der Waals surface area contributed by atoms with Crippen LogP contribution in [0.15, 0.2) is 66.0 Å². The van der Waals surface area contributed by atoms with Crippen LogP contribution in [-0.2, 0) is 4.52 Å². The summed E-state index contributed by atoms with van der Waals surface area (Å²) in [6.07, 6.45) is 0. The van der Waals surface area contributed by atoms with Gasteiger partial charge in [-0.3, -0.25) is 4.52 Å². The second-order valence-electron chi connectivity index (χ2n) is 3.30. The second-order valence-corrected chi connectivity index (χ2v) is 4.47. The highest BCUT2D eigenvalue weighted by Crippen LogP contribution is 2.40. The van der Waals surface area contributed by atoms with Crippen LogP contribution in [-0.4, -0.2) is 12.3 Å². The summed E-state index contributed by atoms with van der Waals surface area (Å²) in [6, 6.07) is 18.9.